The van der Waals surface area contributed by atoms with Gasteiger partial charge >= 0.3 is 6.18 Å². The summed E-state index contributed by atoms with van der Waals surface area (Å²) in [6.07, 6.45) is -3.10. The third kappa shape index (κ3) is 4.69. The van der Waals surface area contributed by atoms with Crippen LogP contribution < -0.4 is 4.74 Å². The van der Waals surface area contributed by atoms with E-state index in [9.17, 15) is 21.6 Å². The molecule has 0 aromatic heterocycles. The fourth-order valence-corrected chi connectivity index (χ4v) is 4.76. The standard InChI is InChI=1S/C21H23F3O3S/c1-14(2)28(25,26)13-16-10-17-8-7-15(9-18(17)11-16)12-27-20-6-4-3-5-19(20)21(22,23)24/h3-9,14,16H,10-13H2,1-2H3/t16-/m0/s1. The lowest BCUT2D eigenvalue weighted by molar-refractivity contribution is -0.139. The molecular weight excluding hydrogens is 389 g/mol. The second-order valence-corrected chi connectivity index (χ2v) is 10.1. The summed E-state index contributed by atoms with van der Waals surface area (Å²) in [5.74, 6) is 0.00496. The molecule has 0 saturated carbocycles. The van der Waals surface area contributed by atoms with Gasteiger partial charge in [0.1, 0.15) is 12.4 Å². The number of para-hydroxylation sites is 1. The van der Waals surface area contributed by atoms with Crippen LogP contribution in [0.3, 0.4) is 0 Å². The molecule has 1 atom stereocenters. The topological polar surface area (TPSA) is 43.4 Å². The summed E-state index contributed by atoms with van der Waals surface area (Å²) in [5.41, 5.74) is 2.12. The van der Waals surface area contributed by atoms with Crippen LogP contribution in [0.2, 0.25) is 0 Å². The lowest BCUT2D eigenvalue weighted by atomic mass is 10.1. The van der Waals surface area contributed by atoms with Crippen LogP contribution in [-0.2, 0) is 35.5 Å². The Balaban J connectivity index is 1.68. The molecular formula is C21H23F3O3S. The summed E-state index contributed by atoms with van der Waals surface area (Å²) in [6.45, 7) is 3.40. The van der Waals surface area contributed by atoms with E-state index in [2.05, 4.69) is 0 Å². The first-order valence-corrected chi connectivity index (χ1v) is 10.9. The van der Waals surface area contributed by atoms with E-state index < -0.39 is 26.8 Å². The summed E-state index contributed by atoms with van der Waals surface area (Å²) < 4.78 is 68.9. The van der Waals surface area contributed by atoms with Crippen LogP contribution >= 0.6 is 0 Å². The molecule has 0 fully saturated rings. The highest BCUT2D eigenvalue weighted by atomic mass is 32.2. The minimum atomic E-state index is -4.47. The third-order valence-corrected chi connectivity index (χ3v) is 7.43. The van der Waals surface area contributed by atoms with Crippen LogP contribution in [0.1, 0.15) is 36.1 Å². The second kappa shape index (κ2) is 7.78. The van der Waals surface area contributed by atoms with E-state index in [1.54, 1.807) is 13.8 Å². The Morgan fingerprint density at radius 1 is 1.07 bits per heavy atom. The van der Waals surface area contributed by atoms with Crippen molar-refractivity contribution in [3.8, 4) is 5.75 Å². The molecule has 0 bridgehead atoms. The first-order chi connectivity index (χ1) is 13.1. The molecule has 0 N–H and O–H groups in total. The van der Waals surface area contributed by atoms with Crippen molar-refractivity contribution in [1.82, 2.24) is 0 Å². The van der Waals surface area contributed by atoms with Gasteiger partial charge in [0.15, 0.2) is 9.84 Å². The number of fused-ring (bicyclic) bond motifs is 1. The van der Waals surface area contributed by atoms with E-state index >= 15 is 0 Å². The van der Waals surface area contributed by atoms with E-state index in [1.165, 1.54) is 18.2 Å². The van der Waals surface area contributed by atoms with Gasteiger partial charge in [-0.3, -0.25) is 0 Å². The molecule has 0 amide bonds. The Morgan fingerprint density at radius 2 is 1.75 bits per heavy atom. The van der Waals surface area contributed by atoms with Crippen LogP contribution in [0.15, 0.2) is 42.5 Å². The molecule has 2 aromatic rings. The van der Waals surface area contributed by atoms with Crippen LogP contribution in [-0.4, -0.2) is 19.4 Å². The highest BCUT2D eigenvalue weighted by Gasteiger charge is 2.34. The SMILES string of the molecule is CC(C)S(=O)(=O)C[C@H]1Cc2ccc(COc3ccccc3C(F)(F)F)cc2C1. The molecule has 0 heterocycles. The molecule has 0 spiro atoms. The van der Waals surface area contributed by atoms with Crippen molar-refractivity contribution in [3.05, 3.63) is 64.7 Å². The number of halogens is 3. The van der Waals surface area contributed by atoms with E-state index in [4.69, 9.17) is 4.74 Å². The molecule has 3 rings (SSSR count). The predicted octanol–water partition coefficient (Wildman–Crippen LogP) is 4.82. The van der Waals surface area contributed by atoms with Crippen LogP contribution in [0.25, 0.3) is 0 Å². The van der Waals surface area contributed by atoms with Gasteiger partial charge in [-0.05, 0) is 61.4 Å². The Morgan fingerprint density at radius 3 is 2.43 bits per heavy atom. The predicted molar refractivity (Wildman–Crippen MR) is 102 cm³/mol. The number of sulfone groups is 1. The van der Waals surface area contributed by atoms with Crippen LogP contribution in [0.5, 0.6) is 5.75 Å². The maximum atomic E-state index is 13.1. The average Bonchev–Trinajstić information content (AvgIpc) is 3.00. The van der Waals surface area contributed by atoms with Crippen LogP contribution in [0, 0.1) is 5.92 Å². The molecule has 0 unspecified atom stereocenters. The Kier molecular flexibility index (Phi) is 5.75. The quantitative estimate of drug-likeness (QED) is 0.683. The minimum absolute atomic E-state index is 0.0231. The summed E-state index contributed by atoms with van der Waals surface area (Å²) in [4.78, 5) is 0. The minimum Gasteiger partial charge on any atom is -0.488 e. The molecule has 2 aromatic carbocycles. The van der Waals surface area contributed by atoms with Gasteiger partial charge in [-0.2, -0.15) is 13.2 Å². The number of hydrogen-bond donors (Lipinski definition) is 0. The van der Waals surface area contributed by atoms with Gasteiger partial charge in [0.2, 0.25) is 0 Å². The van der Waals surface area contributed by atoms with Crippen molar-refractivity contribution in [1.29, 1.82) is 0 Å². The van der Waals surface area contributed by atoms with Crippen molar-refractivity contribution in [3.63, 3.8) is 0 Å². The van der Waals surface area contributed by atoms with Crippen molar-refractivity contribution in [2.45, 2.75) is 44.7 Å². The molecule has 1 aliphatic carbocycles. The average molecular weight is 412 g/mol. The molecule has 152 valence electrons. The largest absolute Gasteiger partial charge is 0.488 e. The normalized spacial score (nSPS) is 17.0. The van der Waals surface area contributed by atoms with Gasteiger partial charge in [-0.25, -0.2) is 8.42 Å². The maximum Gasteiger partial charge on any atom is 0.419 e. The van der Waals surface area contributed by atoms with Crippen LogP contribution in [0.4, 0.5) is 13.2 Å². The number of rotatable bonds is 6. The molecule has 0 saturated heterocycles. The maximum absolute atomic E-state index is 13.1. The van der Waals surface area contributed by atoms with E-state index in [0.29, 0.717) is 12.8 Å². The number of hydrogen-bond acceptors (Lipinski definition) is 3. The monoisotopic (exact) mass is 412 g/mol. The first kappa shape index (κ1) is 20.7. The van der Waals surface area contributed by atoms with Gasteiger partial charge in [-0.1, -0.05) is 30.3 Å². The van der Waals surface area contributed by atoms with Gasteiger partial charge in [0, 0.05) is 0 Å². The summed E-state index contributed by atoms with van der Waals surface area (Å²) in [6, 6.07) is 10.8. The second-order valence-electron chi connectivity index (χ2n) is 7.54. The smallest absolute Gasteiger partial charge is 0.419 e. The zero-order valence-corrected chi connectivity index (χ0v) is 16.6. The number of benzene rings is 2. The van der Waals surface area contributed by atoms with Gasteiger partial charge in [0.05, 0.1) is 16.6 Å². The Hall–Kier alpha value is -2.02. The van der Waals surface area contributed by atoms with Crippen molar-refractivity contribution in [2.75, 3.05) is 5.75 Å². The summed E-state index contributed by atoms with van der Waals surface area (Å²) >= 11 is 0. The van der Waals surface area contributed by atoms with E-state index in [-0.39, 0.29) is 24.0 Å². The van der Waals surface area contributed by atoms with Crippen molar-refractivity contribution >= 4 is 9.84 Å². The Labute approximate surface area is 163 Å². The third-order valence-electron chi connectivity index (χ3n) is 5.06. The Bertz CT molecular complexity index is 950. The van der Waals surface area contributed by atoms with Crippen molar-refractivity contribution in [2.24, 2.45) is 5.92 Å². The molecule has 0 aliphatic heterocycles. The van der Waals surface area contributed by atoms with Crippen molar-refractivity contribution < 1.29 is 26.3 Å². The zero-order chi connectivity index (χ0) is 20.5. The number of ether oxygens (including phenoxy) is 1. The summed E-state index contributed by atoms with van der Waals surface area (Å²) in [5, 5.41) is -0.395. The fourth-order valence-electron chi connectivity index (χ4n) is 3.48. The fraction of sp³-hybridized carbons (Fsp3) is 0.429. The molecule has 28 heavy (non-hydrogen) atoms. The van der Waals surface area contributed by atoms with Gasteiger partial charge in [-0.15, -0.1) is 0 Å². The lowest BCUT2D eigenvalue weighted by Gasteiger charge is -2.14. The zero-order valence-electron chi connectivity index (χ0n) is 15.8. The molecule has 7 heteroatoms. The van der Waals surface area contributed by atoms with Gasteiger partial charge < -0.3 is 4.74 Å². The van der Waals surface area contributed by atoms with E-state index in [0.717, 1.165) is 22.8 Å². The van der Waals surface area contributed by atoms with E-state index in [1.807, 2.05) is 18.2 Å². The van der Waals surface area contributed by atoms with Gasteiger partial charge in [0.25, 0.3) is 0 Å². The molecule has 0 radical (unpaired) electrons. The first-order valence-electron chi connectivity index (χ1n) is 9.17. The molecule has 1 aliphatic rings. The molecule has 3 nitrogen and oxygen atoms in total. The number of alkyl halides is 3. The lowest BCUT2D eigenvalue weighted by Crippen LogP contribution is -2.23. The highest BCUT2D eigenvalue weighted by Crippen LogP contribution is 2.36. The highest BCUT2D eigenvalue weighted by molar-refractivity contribution is 7.91. The summed E-state index contributed by atoms with van der Waals surface area (Å²) in [7, 11) is -3.11.